The molecule has 3 nitrogen and oxygen atoms in total. The Bertz CT molecular complexity index is 612. The normalized spacial score (nSPS) is 12.9. The zero-order chi connectivity index (χ0) is 15.5. The standard InChI is InChI=1S/C18H20O3/c1-18(2,3)21-16(17(19)20)15-12-8-7-11-14(15)13-9-5-4-6-10-13/h4-12,16H,1-3H3,(H,19,20). The van der Waals surface area contributed by atoms with E-state index < -0.39 is 17.7 Å². The van der Waals surface area contributed by atoms with Crippen LogP contribution in [0.3, 0.4) is 0 Å². The summed E-state index contributed by atoms with van der Waals surface area (Å²) in [7, 11) is 0. The van der Waals surface area contributed by atoms with Gasteiger partial charge in [-0.05, 0) is 37.5 Å². The van der Waals surface area contributed by atoms with Crippen molar-refractivity contribution in [2.45, 2.75) is 32.5 Å². The highest BCUT2D eigenvalue weighted by molar-refractivity contribution is 5.79. The highest BCUT2D eigenvalue weighted by Gasteiger charge is 2.28. The van der Waals surface area contributed by atoms with E-state index in [-0.39, 0.29) is 0 Å². The summed E-state index contributed by atoms with van der Waals surface area (Å²) in [5.74, 6) is -0.978. The van der Waals surface area contributed by atoms with Crippen LogP contribution in [-0.4, -0.2) is 16.7 Å². The van der Waals surface area contributed by atoms with Crippen molar-refractivity contribution in [1.82, 2.24) is 0 Å². The number of carboxylic acids is 1. The quantitative estimate of drug-likeness (QED) is 0.910. The van der Waals surface area contributed by atoms with Crippen molar-refractivity contribution in [2.75, 3.05) is 0 Å². The van der Waals surface area contributed by atoms with E-state index in [1.54, 1.807) is 0 Å². The maximum Gasteiger partial charge on any atom is 0.337 e. The minimum absolute atomic E-state index is 0.535. The van der Waals surface area contributed by atoms with Gasteiger partial charge in [0, 0.05) is 0 Å². The van der Waals surface area contributed by atoms with Crippen molar-refractivity contribution in [2.24, 2.45) is 0 Å². The first-order chi connectivity index (χ1) is 9.88. The molecule has 1 atom stereocenters. The van der Waals surface area contributed by atoms with Crippen LogP contribution in [0, 0.1) is 0 Å². The number of carbonyl (C=O) groups is 1. The molecule has 110 valence electrons. The second kappa shape index (κ2) is 6.10. The van der Waals surface area contributed by atoms with Gasteiger partial charge in [0.1, 0.15) is 0 Å². The molecule has 0 saturated carbocycles. The number of benzene rings is 2. The summed E-state index contributed by atoms with van der Waals surface area (Å²) in [5, 5.41) is 9.54. The molecule has 0 spiro atoms. The Morgan fingerprint density at radius 3 is 2.14 bits per heavy atom. The number of rotatable bonds is 4. The van der Waals surface area contributed by atoms with E-state index in [2.05, 4.69) is 0 Å². The summed E-state index contributed by atoms with van der Waals surface area (Å²) in [6.07, 6.45) is -0.985. The van der Waals surface area contributed by atoms with Crippen LogP contribution in [0.1, 0.15) is 32.4 Å². The lowest BCUT2D eigenvalue weighted by Crippen LogP contribution is -2.27. The minimum atomic E-state index is -0.985. The molecule has 0 bridgehead atoms. The fraction of sp³-hybridized carbons (Fsp3) is 0.278. The molecule has 0 amide bonds. The third-order valence-corrected chi connectivity index (χ3v) is 3.02. The van der Waals surface area contributed by atoms with E-state index in [9.17, 15) is 9.90 Å². The molecule has 2 aromatic carbocycles. The van der Waals surface area contributed by atoms with Gasteiger partial charge < -0.3 is 9.84 Å². The van der Waals surface area contributed by atoms with Gasteiger partial charge in [0.15, 0.2) is 6.10 Å². The van der Waals surface area contributed by atoms with E-state index >= 15 is 0 Å². The molecule has 0 saturated heterocycles. The van der Waals surface area contributed by atoms with Gasteiger partial charge in [0.25, 0.3) is 0 Å². The Balaban J connectivity index is 2.49. The second-order valence-electron chi connectivity index (χ2n) is 5.90. The summed E-state index contributed by atoms with van der Waals surface area (Å²) >= 11 is 0. The van der Waals surface area contributed by atoms with Crippen molar-refractivity contribution in [1.29, 1.82) is 0 Å². The predicted molar refractivity (Wildman–Crippen MR) is 83.1 cm³/mol. The lowest BCUT2D eigenvalue weighted by Gasteiger charge is -2.26. The number of hydrogen-bond donors (Lipinski definition) is 1. The summed E-state index contributed by atoms with van der Waals surface area (Å²) in [6.45, 7) is 5.57. The van der Waals surface area contributed by atoms with Gasteiger partial charge in [0.2, 0.25) is 0 Å². The maximum atomic E-state index is 11.6. The van der Waals surface area contributed by atoms with Gasteiger partial charge in [-0.2, -0.15) is 0 Å². The summed E-state index contributed by atoms with van der Waals surface area (Å²) < 4.78 is 5.75. The summed E-state index contributed by atoms with van der Waals surface area (Å²) in [6, 6.07) is 17.2. The number of carboxylic acid groups (broad SMARTS) is 1. The van der Waals surface area contributed by atoms with E-state index in [1.165, 1.54) is 0 Å². The molecular formula is C18H20O3. The zero-order valence-electron chi connectivity index (χ0n) is 12.5. The SMILES string of the molecule is CC(C)(C)OC(C(=O)O)c1ccccc1-c1ccccc1. The smallest absolute Gasteiger partial charge is 0.337 e. The van der Waals surface area contributed by atoms with Crippen molar-refractivity contribution in [3.05, 3.63) is 60.2 Å². The van der Waals surface area contributed by atoms with Gasteiger partial charge in [-0.1, -0.05) is 54.6 Å². The Hall–Kier alpha value is -2.13. The van der Waals surface area contributed by atoms with Crippen molar-refractivity contribution >= 4 is 5.97 Å². The second-order valence-corrected chi connectivity index (χ2v) is 5.90. The molecule has 2 aromatic rings. The molecule has 0 aliphatic carbocycles. The molecule has 1 N–H and O–H groups in total. The Labute approximate surface area is 125 Å². The molecule has 2 rings (SSSR count). The first-order valence-corrected chi connectivity index (χ1v) is 6.93. The molecule has 3 heteroatoms. The molecular weight excluding hydrogens is 264 g/mol. The average molecular weight is 284 g/mol. The average Bonchev–Trinajstić information content (AvgIpc) is 2.45. The largest absolute Gasteiger partial charge is 0.479 e. The molecule has 1 unspecified atom stereocenters. The summed E-state index contributed by atoms with van der Waals surface area (Å²) in [5.41, 5.74) is 2.00. The van der Waals surface area contributed by atoms with Crippen LogP contribution in [0.2, 0.25) is 0 Å². The Kier molecular flexibility index (Phi) is 4.43. The van der Waals surface area contributed by atoms with Crippen molar-refractivity contribution in [3.63, 3.8) is 0 Å². The monoisotopic (exact) mass is 284 g/mol. The van der Waals surface area contributed by atoms with Crippen LogP contribution in [-0.2, 0) is 9.53 Å². The van der Waals surface area contributed by atoms with Crippen LogP contribution in [0.4, 0.5) is 0 Å². The fourth-order valence-corrected chi connectivity index (χ4v) is 2.21. The topological polar surface area (TPSA) is 46.5 Å². The number of hydrogen-bond acceptors (Lipinski definition) is 2. The Morgan fingerprint density at radius 1 is 1.00 bits per heavy atom. The molecule has 0 radical (unpaired) electrons. The fourth-order valence-electron chi connectivity index (χ4n) is 2.21. The number of ether oxygens (including phenoxy) is 1. The zero-order valence-corrected chi connectivity index (χ0v) is 12.5. The Morgan fingerprint density at radius 2 is 1.57 bits per heavy atom. The molecule has 0 aromatic heterocycles. The highest BCUT2D eigenvalue weighted by Crippen LogP contribution is 2.32. The van der Waals surface area contributed by atoms with Gasteiger partial charge in [-0.25, -0.2) is 4.79 Å². The highest BCUT2D eigenvalue weighted by atomic mass is 16.5. The van der Waals surface area contributed by atoms with Crippen molar-refractivity contribution in [3.8, 4) is 11.1 Å². The van der Waals surface area contributed by atoms with Gasteiger partial charge in [-0.15, -0.1) is 0 Å². The predicted octanol–water partition coefficient (Wildman–Crippen LogP) is 4.29. The van der Waals surface area contributed by atoms with Crippen LogP contribution in [0.5, 0.6) is 0 Å². The van der Waals surface area contributed by atoms with Gasteiger partial charge in [-0.3, -0.25) is 0 Å². The first kappa shape index (κ1) is 15.3. The van der Waals surface area contributed by atoms with E-state index in [0.717, 1.165) is 11.1 Å². The minimum Gasteiger partial charge on any atom is -0.479 e. The van der Waals surface area contributed by atoms with E-state index in [1.807, 2.05) is 75.4 Å². The molecule has 0 aliphatic rings. The molecule has 0 heterocycles. The lowest BCUT2D eigenvalue weighted by molar-refractivity contribution is -0.160. The van der Waals surface area contributed by atoms with Crippen LogP contribution in [0.15, 0.2) is 54.6 Å². The third kappa shape index (κ3) is 3.92. The van der Waals surface area contributed by atoms with Crippen LogP contribution < -0.4 is 0 Å². The maximum absolute atomic E-state index is 11.6. The summed E-state index contributed by atoms with van der Waals surface area (Å²) in [4.78, 5) is 11.6. The van der Waals surface area contributed by atoms with Crippen LogP contribution >= 0.6 is 0 Å². The van der Waals surface area contributed by atoms with Gasteiger partial charge in [0.05, 0.1) is 5.60 Å². The van der Waals surface area contributed by atoms with Crippen LogP contribution in [0.25, 0.3) is 11.1 Å². The molecule has 0 aliphatic heterocycles. The van der Waals surface area contributed by atoms with Crippen molar-refractivity contribution < 1.29 is 14.6 Å². The molecule has 21 heavy (non-hydrogen) atoms. The lowest BCUT2D eigenvalue weighted by atomic mass is 9.95. The van der Waals surface area contributed by atoms with Gasteiger partial charge >= 0.3 is 5.97 Å². The van der Waals surface area contributed by atoms with E-state index in [0.29, 0.717) is 5.56 Å². The first-order valence-electron chi connectivity index (χ1n) is 6.93. The van der Waals surface area contributed by atoms with E-state index in [4.69, 9.17) is 4.74 Å². The number of aliphatic carboxylic acids is 1. The molecule has 0 fully saturated rings. The third-order valence-electron chi connectivity index (χ3n) is 3.02.